The first kappa shape index (κ1) is 26.1. The highest BCUT2D eigenvalue weighted by Gasteiger charge is 2.36. The van der Waals surface area contributed by atoms with Crippen molar-refractivity contribution in [2.75, 3.05) is 6.61 Å². The normalized spacial score (nSPS) is 18.8. The van der Waals surface area contributed by atoms with Crippen LogP contribution >= 0.6 is 11.6 Å². The first-order valence-corrected chi connectivity index (χ1v) is 13.8. The van der Waals surface area contributed by atoms with E-state index in [0.717, 1.165) is 44.2 Å². The van der Waals surface area contributed by atoms with Crippen molar-refractivity contribution in [3.05, 3.63) is 16.5 Å². The summed E-state index contributed by atoms with van der Waals surface area (Å²) in [6, 6.07) is 0. The Morgan fingerprint density at radius 1 is 1.00 bits per heavy atom. The number of hydrogen-bond donors (Lipinski definition) is 1. The lowest BCUT2D eigenvalue weighted by Crippen LogP contribution is -2.28. The molecule has 0 amide bonds. The zero-order valence-electron chi connectivity index (χ0n) is 20.7. The van der Waals surface area contributed by atoms with Gasteiger partial charge in [-0.3, -0.25) is 9.89 Å². The summed E-state index contributed by atoms with van der Waals surface area (Å²) in [5.41, 5.74) is 1.48. The summed E-state index contributed by atoms with van der Waals surface area (Å²) < 4.78 is 7.31. The summed E-state index contributed by atoms with van der Waals surface area (Å²) >= 11 is 6.32. The molecule has 1 aliphatic rings. The zero-order chi connectivity index (χ0) is 23.5. The largest absolute Gasteiger partial charge is 0.465 e. The second-order valence-corrected chi connectivity index (χ2v) is 10.2. The third kappa shape index (κ3) is 7.73. The molecule has 2 atom stereocenters. The summed E-state index contributed by atoms with van der Waals surface area (Å²) in [5, 5.41) is 8.28. The molecule has 2 aromatic rings. The molecule has 0 bridgehead atoms. The number of carbonyl (C=O) groups is 1. The number of nitrogens with zero attached hydrogens (tertiary/aromatic N) is 3. The smallest absolute Gasteiger partial charge is 0.309 e. The van der Waals surface area contributed by atoms with Crippen LogP contribution in [0.25, 0.3) is 5.65 Å². The molecule has 3 rings (SSSR count). The van der Waals surface area contributed by atoms with Gasteiger partial charge in [0.15, 0.2) is 11.5 Å². The Balaban J connectivity index is 1.31. The molecule has 1 saturated carbocycles. The van der Waals surface area contributed by atoms with Crippen molar-refractivity contribution < 1.29 is 9.53 Å². The Morgan fingerprint density at radius 3 is 2.24 bits per heavy atom. The molecule has 0 spiro atoms. The number of ether oxygens (including phenoxy) is 1. The summed E-state index contributed by atoms with van der Waals surface area (Å²) in [4.78, 5) is 17.5. The summed E-state index contributed by atoms with van der Waals surface area (Å²) in [6.07, 6.45) is 19.6. The van der Waals surface area contributed by atoms with E-state index in [2.05, 4.69) is 22.1 Å². The van der Waals surface area contributed by atoms with Crippen LogP contribution in [0.15, 0.2) is 0 Å². The molecule has 186 valence electrons. The predicted octanol–water partition coefficient (Wildman–Crippen LogP) is 7.54. The van der Waals surface area contributed by atoms with Crippen LogP contribution in [-0.4, -0.2) is 32.4 Å². The van der Waals surface area contributed by atoms with Crippen LogP contribution in [0.5, 0.6) is 0 Å². The number of fused-ring (bicyclic) bond motifs is 1. The number of aromatic nitrogens is 4. The lowest BCUT2D eigenvalue weighted by atomic mass is 9.79. The molecular weight excluding hydrogens is 436 g/mol. The van der Waals surface area contributed by atoms with E-state index < -0.39 is 0 Å². The Labute approximate surface area is 204 Å². The van der Waals surface area contributed by atoms with Crippen molar-refractivity contribution in [1.82, 2.24) is 19.8 Å². The van der Waals surface area contributed by atoms with Crippen molar-refractivity contribution in [1.29, 1.82) is 0 Å². The molecule has 1 N–H and O–H groups in total. The minimum atomic E-state index is -0.150. The van der Waals surface area contributed by atoms with E-state index in [-0.39, 0.29) is 17.8 Å². The quantitative estimate of drug-likeness (QED) is 0.212. The molecule has 7 heteroatoms. The number of aromatic amines is 1. The van der Waals surface area contributed by atoms with E-state index in [1.807, 2.05) is 6.92 Å². The Bertz CT molecular complexity index is 847. The number of H-pyrrole nitrogens is 1. The molecule has 0 aliphatic heterocycles. The predicted molar refractivity (Wildman–Crippen MR) is 134 cm³/mol. The number of unbranched alkanes of at least 4 members (excludes halogenated alkanes) is 11. The number of nitrogens with one attached hydrogen (secondary N) is 1. The number of rotatable bonds is 15. The average molecular weight is 479 g/mol. The highest BCUT2D eigenvalue weighted by atomic mass is 35.5. The molecule has 1 fully saturated rings. The number of carbonyl (C=O) groups excluding carboxylic acids is 1. The minimum absolute atomic E-state index is 0.0119. The van der Waals surface area contributed by atoms with E-state index in [1.165, 1.54) is 64.2 Å². The average Bonchev–Trinajstić information content (AvgIpc) is 3.35. The van der Waals surface area contributed by atoms with Gasteiger partial charge in [-0.05, 0) is 26.2 Å². The monoisotopic (exact) mass is 478 g/mol. The van der Waals surface area contributed by atoms with Gasteiger partial charge in [-0.2, -0.15) is 4.63 Å². The van der Waals surface area contributed by atoms with Crippen molar-refractivity contribution in [3.63, 3.8) is 0 Å². The first-order valence-electron chi connectivity index (χ1n) is 13.4. The van der Waals surface area contributed by atoms with Gasteiger partial charge >= 0.3 is 5.97 Å². The Kier molecular flexibility index (Phi) is 11.0. The standard InChI is InChI=1S/C26H43ClN4O2/c1-3-4-5-6-7-8-9-10-11-12-13-16-19-33-26(32)22-18-15-14-17-21(22)24-28-25-23(27)20(2)29-31(25)30-24/h21-22,29H,3-19H2,1-2H3. The topological polar surface area (TPSA) is 72.3 Å². The van der Waals surface area contributed by atoms with Crippen LogP contribution in [0.1, 0.15) is 127 Å². The Hall–Kier alpha value is -1.56. The molecular formula is C26H43ClN4O2. The van der Waals surface area contributed by atoms with Crippen LogP contribution in [0, 0.1) is 12.8 Å². The lowest BCUT2D eigenvalue weighted by molar-refractivity contribution is -0.150. The number of hydrogen-bond acceptors (Lipinski definition) is 4. The molecule has 1 aliphatic carbocycles. The summed E-state index contributed by atoms with van der Waals surface area (Å²) in [5.74, 6) is 0.486. The van der Waals surface area contributed by atoms with Crippen LogP contribution in [0.4, 0.5) is 0 Å². The highest BCUT2D eigenvalue weighted by molar-refractivity contribution is 6.34. The van der Waals surface area contributed by atoms with Crippen molar-refractivity contribution in [3.8, 4) is 0 Å². The van der Waals surface area contributed by atoms with Crippen LogP contribution in [0.3, 0.4) is 0 Å². The Morgan fingerprint density at radius 2 is 1.61 bits per heavy atom. The van der Waals surface area contributed by atoms with Crippen molar-refractivity contribution >= 4 is 23.2 Å². The van der Waals surface area contributed by atoms with Gasteiger partial charge in [-0.15, -0.1) is 5.10 Å². The van der Waals surface area contributed by atoms with Crippen LogP contribution in [-0.2, 0) is 9.53 Å². The van der Waals surface area contributed by atoms with Crippen molar-refractivity contribution in [2.24, 2.45) is 5.92 Å². The molecule has 0 radical (unpaired) electrons. The van der Waals surface area contributed by atoms with Gasteiger partial charge in [0.25, 0.3) is 0 Å². The third-order valence-electron chi connectivity index (χ3n) is 7.07. The van der Waals surface area contributed by atoms with E-state index in [1.54, 1.807) is 4.63 Å². The molecule has 2 aromatic heterocycles. The van der Waals surface area contributed by atoms with Gasteiger partial charge in [0.2, 0.25) is 0 Å². The second kappa shape index (κ2) is 14.0. The lowest BCUT2D eigenvalue weighted by Gasteiger charge is -2.27. The SMILES string of the molecule is CCCCCCCCCCCCCCOC(=O)C1CCCCC1c1nc2c(Cl)c(C)[nH]n2n1. The van der Waals surface area contributed by atoms with Gasteiger partial charge in [-0.1, -0.05) is 102 Å². The molecule has 6 nitrogen and oxygen atoms in total. The van der Waals surface area contributed by atoms with Gasteiger partial charge < -0.3 is 4.74 Å². The maximum Gasteiger partial charge on any atom is 0.309 e. The second-order valence-electron chi connectivity index (χ2n) is 9.81. The summed E-state index contributed by atoms with van der Waals surface area (Å²) in [7, 11) is 0. The van der Waals surface area contributed by atoms with E-state index >= 15 is 0 Å². The third-order valence-corrected chi connectivity index (χ3v) is 7.52. The molecule has 33 heavy (non-hydrogen) atoms. The summed E-state index contributed by atoms with van der Waals surface area (Å²) in [6.45, 7) is 4.70. The van der Waals surface area contributed by atoms with E-state index in [4.69, 9.17) is 16.3 Å². The molecule has 2 unspecified atom stereocenters. The number of aryl methyl sites for hydroxylation is 1. The minimum Gasteiger partial charge on any atom is -0.465 e. The highest BCUT2D eigenvalue weighted by Crippen LogP contribution is 2.38. The zero-order valence-corrected chi connectivity index (χ0v) is 21.5. The van der Waals surface area contributed by atoms with Crippen LogP contribution < -0.4 is 0 Å². The number of halogens is 1. The maximum atomic E-state index is 12.8. The van der Waals surface area contributed by atoms with Crippen molar-refractivity contribution in [2.45, 2.75) is 122 Å². The molecule has 0 saturated heterocycles. The maximum absolute atomic E-state index is 12.8. The number of esters is 1. The van der Waals surface area contributed by atoms with Gasteiger partial charge in [-0.25, -0.2) is 4.98 Å². The fourth-order valence-corrected chi connectivity index (χ4v) is 5.19. The first-order chi connectivity index (χ1) is 16.1. The van der Waals surface area contributed by atoms with Gasteiger partial charge in [0.05, 0.1) is 18.2 Å². The van der Waals surface area contributed by atoms with Gasteiger partial charge in [0, 0.05) is 5.92 Å². The van der Waals surface area contributed by atoms with E-state index in [0.29, 0.717) is 23.1 Å². The van der Waals surface area contributed by atoms with E-state index in [9.17, 15) is 4.79 Å². The molecule has 2 heterocycles. The van der Waals surface area contributed by atoms with Gasteiger partial charge in [0.1, 0.15) is 5.02 Å². The molecule has 0 aromatic carbocycles. The van der Waals surface area contributed by atoms with Crippen LogP contribution in [0.2, 0.25) is 5.02 Å². The fraction of sp³-hybridized carbons (Fsp3) is 0.808. The fourth-order valence-electron chi connectivity index (χ4n) is 5.03.